The molecule has 0 spiro atoms. The molecule has 144 valence electrons. The van der Waals surface area contributed by atoms with Gasteiger partial charge in [0.2, 0.25) is 11.8 Å². The summed E-state index contributed by atoms with van der Waals surface area (Å²) < 4.78 is 0. The fourth-order valence-corrected chi connectivity index (χ4v) is 3.54. The summed E-state index contributed by atoms with van der Waals surface area (Å²) in [5.41, 5.74) is 2.14. The third-order valence-electron chi connectivity index (χ3n) is 5.28. The van der Waals surface area contributed by atoms with Crippen LogP contribution in [0, 0.1) is 5.92 Å². The molecule has 1 aromatic carbocycles. The molecule has 2 aromatic rings. The SMILES string of the molecule is CN(CC(=O)N1CCC(C(=O)O)CC1)C(=O)CCc1c[nH]c2ccccc12. The number of carbonyl (C=O) groups excluding carboxylic acids is 2. The molecular formula is C20H25N3O4. The van der Waals surface area contributed by atoms with Crippen LogP contribution in [0.1, 0.15) is 24.8 Å². The van der Waals surface area contributed by atoms with Crippen LogP contribution in [-0.4, -0.2) is 64.4 Å². The van der Waals surface area contributed by atoms with Crippen molar-refractivity contribution in [3.8, 4) is 0 Å². The molecule has 1 fully saturated rings. The normalized spacial score (nSPS) is 15.1. The van der Waals surface area contributed by atoms with Crippen LogP contribution in [0.3, 0.4) is 0 Å². The summed E-state index contributed by atoms with van der Waals surface area (Å²) >= 11 is 0. The van der Waals surface area contributed by atoms with Crippen molar-refractivity contribution in [2.75, 3.05) is 26.7 Å². The van der Waals surface area contributed by atoms with E-state index in [1.165, 1.54) is 4.90 Å². The molecule has 1 saturated heterocycles. The number of likely N-dealkylation sites (tertiary alicyclic amines) is 1. The summed E-state index contributed by atoms with van der Waals surface area (Å²) in [5.74, 6) is -1.37. The standard InChI is InChI=1S/C20H25N3O4/c1-22(13-19(25)23-10-8-14(9-11-23)20(26)27)18(24)7-6-15-12-21-17-5-3-2-4-16(15)17/h2-5,12,14,21H,6-11,13H2,1H3,(H,26,27). The number of carboxylic acids is 1. The van der Waals surface area contributed by atoms with Crippen molar-refractivity contribution < 1.29 is 19.5 Å². The van der Waals surface area contributed by atoms with E-state index in [1.54, 1.807) is 11.9 Å². The Morgan fingerprint density at radius 1 is 1.22 bits per heavy atom. The summed E-state index contributed by atoms with van der Waals surface area (Å²) in [6, 6.07) is 7.96. The van der Waals surface area contributed by atoms with Gasteiger partial charge in [-0.3, -0.25) is 14.4 Å². The first kappa shape index (κ1) is 18.9. The van der Waals surface area contributed by atoms with Crippen LogP contribution in [0.5, 0.6) is 0 Å². The van der Waals surface area contributed by atoms with E-state index in [0.717, 1.165) is 16.5 Å². The quantitative estimate of drug-likeness (QED) is 0.811. The number of nitrogens with one attached hydrogen (secondary N) is 1. The second-order valence-electron chi connectivity index (χ2n) is 7.10. The summed E-state index contributed by atoms with van der Waals surface area (Å²) in [4.78, 5) is 42.1. The molecule has 1 aliphatic rings. The molecule has 0 saturated carbocycles. The van der Waals surface area contributed by atoms with Gasteiger partial charge in [0.1, 0.15) is 0 Å². The fraction of sp³-hybridized carbons (Fsp3) is 0.450. The first-order chi connectivity index (χ1) is 13.0. The zero-order valence-electron chi connectivity index (χ0n) is 15.5. The lowest BCUT2D eigenvalue weighted by Crippen LogP contribution is -2.45. The van der Waals surface area contributed by atoms with Gasteiger partial charge in [-0.25, -0.2) is 0 Å². The minimum atomic E-state index is -0.799. The monoisotopic (exact) mass is 371 g/mol. The number of H-pyrrole nitrogens is 1. The van der Waals surface area contributed by atoms with Crippen LogP contribution in [-0.2, 0) is 20.8 Å². The largest absolute Gasteiger partial charge is 0.481 e. The number of para-hydroxylation sites is 1. The van der Waals surface area contributed by atoms with Gasteiger partial charge in [0.25, 0.3) is 0 Å². The number of fused-ring (bicyclic) bond motifs is 1. The molecule has 1 aliphatic heterocycles. The summed E-state index contributed by atoms with van der Waals surface area (Å²) in [7, 11) is 1.64. The van der Waals surface area contributed by atoms with E-state index >= 15 is 0 Å². The lowest BCUT2D eigenvalue weighted by atomic mass is 9.97. The number of hydrogen-bond donors (Lipinski definition) is 2. The van der Waals surface area contributed by atoms with Gasteiger partial charge in [-0.1, -0.05) is 18.2 Å². The minimum absolute atomic E-state index is 0.0322. The molecule has 0 atom stereocenters. The number of carbonyl (C=O) groups is 3. The first-order valence-corrected chi connectivity index (χ1v) is 9.25. The lowest BCUT2D eigenvalue weighted by Gasteiger charge is -2.31. The average Bonchev–Trinajstić information content (AvgIpc) is 3.09. The minimum Gasteiger partial charge on any atom is -0.481 e. The smallest absolute Gasteiger partial charge is 0.306 e. The van der Waals surface area contributed by atoms with Crippen molar-refractivity contribution in [2.24, 2.45) is 5.92 Å². The van der Waals surface area contributed by atoms with Crippen LogP contribution < -0.4 is 0 Å². The number of rotatable bonds is 6. The lowest BCUT2D eigenvalue weighted by molar-refractivity contribution is -0.146. The van der Waals surface area contributed by atoms with Gasteiger partial charge in [-0.05, 0) is 30.9 Å². The third-order valence-corrected chi connectivity index (χ3v) is 5.28. The van der Waals surface area contributed by atoms with Crippen molar-refractivity contribution in [3.05, 3.63) is 36.0 Å². The summed E-state index contributed by atoms with van der Waals surface area (Å²) in [5, 5.41) is 10.1. The Hall–Kier alpha value is -2.83. The molecule has 2 amide bonds. The summed E-state index contributed by atoms with van der Waals surface area (Å²) in [6.45, 7) is 0.908. The second-order valence-corrected chi connectivity index (χ2v) is 7.10. The molecule has 2 heterocycles. The van der Waals surface area contributed by atoms with Crippen LogP contribution in [0.15, 0.2) is 30.5 Å². The van der Waals surface area contributed by atoms with Gasteiger partial charge in [0, 0.05) is 43.7 Å². The number of likely N-dealkylation sites (N-methyl/N-ethyl adjacent to an activating group) is 1. The highest BCUT2D eigenvalue weighted by Gasteiger charge is 2.27. The van der Waals surface area contributed by atoms with Crippen LogP contribution in [0.2, 0.25) is 0 Å². The number of amides is 2. The predicted octanol–water partition coefficient (Wildman–Crippen LogP) is 1.88. The Bertz CT molecular complexity index is 837. The molecule has 0 radical (unpaired) electrons. The van der Waals surface area contributed by atoms with Gasteiger partial charge >= 0.3 is 5.97 Å². The third kappa shape index (κ3) is 4.48. The number of aromatic nitrogens is 1. The number of benzene rings is 1. The van der Waals surface area contributed by atoms with Gasteiger partial charge in [0.05, 0.1) is 12.5 Å². The van der Waals surface area contributed by atoms with Gasteiger partial charge < -0.3 is 19.9 Å². The molecule has 1 aromatic heterocycles. The molecule has 0 bridgehead atoms. The Balaban J connectivity index is 1.47. The number of carboxylic acid groups (broad SMARTS) is 1. The van der Waals surface area contributed by atoms with E-state index in [2.05, 4.69) is 4.98 Å². The number of nitrogens with zero attached hydrogens (tertiary/aromatic N) is 2. The Morgan fingerprint density at radius 3 is 2.63 bits per heavy atom. The van der Waals surface area contributed by atoms with Crippen molar-refractivity contribution in [1.29, 1.82) is 0 Å². The van der Waals surface area contributed by atoms with Gasteiger partial charge in [0.15, 0.2) is 0 Å². The number of aryl methyl sites for hydroxylation is 1. The van der Waals surface area contributed by atoms with Crippen molar-refractivity contribution in [1.82, 2.24) is 14.8 Å². The maximum atomic E-state index is 12.4. The Labute approximate surface area is 157 Å². The maximum absolute atomic E-state index is 12.4. The summed E-state index contributed by atoms with van der Waals surface area (Å²) in [6.07, 6.45) is 3.83. The highest BCUT2D eigenvalue weighted by atomic mass is 16.4. The average molecular weight is 371 g/mol. The predicted molar refractivity (Wildman–Crippen MR) is 101 cm³/mol. The molecule has 2 N–H and O–H groups in total. The molecular weight excluding hydrogens is 346 g/mol. The van der Waals surface area contributed by atoms with Crippen LogP contribution in [0.25, 0.3) is 10.9 Å². The molecule has 7 nitrogen and oxygen atoms in total. The Morgan fingerprint density at radius 2 is 1.93 bits per heavy atom. The second kappa shape index (κ2) is 8.24. The maximum Gasteiger partial charge on any atom is 0.306 e. The molecule has 3 rings (SSSR count). The topological polar surface area (TPSA) is 93.7 Å². The highest BCUT2D eigenvalue weighted by molar-refractivity contribution is 5.86. The molecule has 7 heteroatoms. The van der Waals surface area contributed by atoms with Crippen LogP contribution >= 0.6 is 0 Å². The van der Waals surface area contributed by atoms with E-state index in [0.29, 0.717) is 38.8 Å². The first-order valence-electron chi connectivity index (χ1n) is 9.25. The van der Waals surface area contributed by atoms with E-state index in [1.807, 2.05) is 30.5 Å². The van der Waals surface area contributed by atoms with E-state index < -0.39 is 5.97 Å². The van der Waals surface area contributed by atoms with Gasteiger partial charge in [-0.15, -0.1) is 0 Å². The van der Waals surface area contributed by atoms with E-state index in [9.17, 15) is 14.4 Å². The molecule has 27 heavy (non-hydrogen) atoms. The highest BCUT2D eigenvalue weighted by Crippen LogP contribution is 2.20. The van der Waals surface area contributed by atoms with Gasteiger partial charge in [-0.2, -0.15) is 0 Å². The number of piperidine rings is 1. The number of aliphatic carboxylic acids is 1. The molecule has 0 unspecified atom stereocenters. The number of aromatic amines is 1. The zero-order chi connectivity index (χ0) is 19.4. The van der Waals surface area contributed by atoms with Crippen molar-refractivity contribution in [2.45, 2.75) is 25.7 Å². The van der Waals surface area contributed by atoms with Crippen molar-refractivity contribution >= 4 is 28.7 Å². The fourth-order valence-electron chi connectivity index (χ4n) is 3.54. The molecule has 0 aliphatic carbocycles. The number of hydrogen-bond acceptors (Lipinski definition) is 3. The van der Waals surface area contributed by atoms with Crippen LogP contribution in [0.4, 0.5) is 0 Å². The van der Waals surface area contributed by atoms with E-state index in [4.69, 9.17) is 5.11 Å². The van der Waals surface area contributed by atoms with E-state index in [-0.39, 0.29) is 24.3 Å². The Kier molecular flexibility index (Phi) is 5.78. The van der Waals surface area contributed by atoms with Crippen molar-refractivity contribution in [3.63, 3.8) is 0 Å². The zero-order valence-corrected chi connectivity index (χ0v) is 15.5.